The van der Waals surface area contributed by atoms with Gasteiger partial charge in [0, 0.05) is 19.8 Å². The van der Waals surface area contributed by atoms with Gasteiger partial charge in [-0.3, -0.25) is 0 Å². The van der Waals surface area contributed by atoms with Gasteiger partial charge in [0.25, 0.3) is 0 Å². The smallest absolute Gasteiger partial charge is 0.205 e. The zero-order valence-electron chi connectivity index (χ0n) is 10.5. The molecule has 0 aliphatic carbocycles. The number of fused-ring (bicyclic) bond motifs is 1. The van der Waals surface area contributed by atoms with E-state index in [0.717, 1.165) is 30.1 Å². The van der Waals surface area contributed by atoms with Crippen LogP contribution < -0.4 is 5.32 Å². The quantitative estimate of drug-likeness (QED) is 0.864. The molecule has 0 fully saturated rings. The second kappa shape index (κ2) is 6.10. The fraction of sp³-hybridized carbons (Fsp3) is 0.500. The standard InChI is InChI=1S/C10H14N4.C2H6/c1-3-7-14-8-5-4-6-12-9(8)13-10(14)11-2;1-2/h4-6H,3,7H2,1-2H3,(H,11,12,13);1-2H3. The van der Waals surface area contributed by atoms with Crippen LogP contribution in [0.3, 0.4) is 0 Å². The molecule has 88 valence electrons. The van der Waals surface area contributed by atoms with Gasteiger partial charge in [0.2, 0.25) is 5.95 Å². The molecule has 0 unspecified atom stereocenters. The minimum atomic E-state index is 0.810. The molecule has 16 heavy (non-hydrogen) atoms. The van der Waals surface area contributed by atoms with Crippen LogP contribution in [0.4, 0.5) is 5.95 Å². The number of nitrogens with one attached hydrogen (secondary N) is 1. The lowest BCUT2D eigenvalue weighted by atomic mass is 10.4. The highest BCUT2D eigenvalue weighted by molar-refractivity contribution is 5.74. The maximum Gasteiger partial charge on any atom is 0.205 e. The SMILES string of the molecule is CC.CCCn1c(NC)nc2ncccc21. The molecule has 0 amide bonds. The highest BCUT2D eigenvalue weighted by atomic mass is 15.2. The molecular formula is C12H20N4. The van der Waals surface area contributed by atoms with Crippen molar-refractivity contribution in [2.75, 3.05) is 12.4 Å². The molecule has 0 saturated heterocycles. The Morgan fingerprint density at radius 1 is 1.38 bits per heavy atom. The second-order valence-corrected chi connectivity index (χ2v) is 3.18. The summed E-state index contributed by atoms with van der Waals surface area (Å²) in [5, 5.41) is 3.08. The normalized spacial score (nSPS) is 9.75. The van der Waals surface area contributed by atoms with E-state index >= 15 is 0 Å². The third-order valence-corrected chi connectivity index (χ3v) is 2.20. The topological polar surface area (TPSA) is 42.7 Å². The van der Waals surface area contributed by atoms with Gasteiger partial charge < -0.3 is 9.88 Å². The highest BCUT2D eigenvalue weighted by Gasteiger charge is 2.07. The molecule has 2 rings (SSSR count). The molecule has 2 heterocycles. The minimum Gasteiger partial charge on any atom is -0.359 e. The van der Waals surface area contributed by atoms with Gasteiger partial charge in [0.05, 0.1) is 5.52 Å². The van der Waals surface area contributed by atoms with Crippen LogP contribution in [-0.4, -0.2) is 21.6 Å². The zero-order chi connectivity index (χ0) is 12.0. The van der Waals surface area contributed by atoms with Gasteiger partial charge in [-0.1, -0.05) is 20.8 Å². The highest BCUT2D eigenvalue weighted by Crippen LogP contribution is 2.17. The summed E-state index contributed by atoms with van der Waals surface area (Å²) in [5.74, 6) is 0.889. The molecule has 2 aromatic rings. The Morgan fingerprint density at radius 3 is 2.75 bits per heavy atom. The van der Waals surface area contributed by atoms with Crippen molar-refractivity contribution in [3.05, 3.63) is 18.3 Å². The van der Waals surface area contributed by atoms with E-state index in [1.807, 2.05) is 33.0 Å². The lowest BCUT2D eigenvalue weighted by Crippen LogP contribution is -2.02. The van der Waals surface area contributed by atoms with Crippen LogP contribution in [0.2, 0.25) is 0 Å². The zero-order valence-corrected chi connectivity index (χ0v) is 10.5. The average Bonchev–Trinajstić information content (AvgIpc) is 2.71. The van der Waals surface area contributed by atoms with E-state index in [9.17, 15) is 0 Å². The number of anilines is 1. The van der Waals surface area contributed by atoms with Crippen molar-refractivity contribution >= 4 is 17.1 Å². The van der Waals surface area contributed by atoms with Crippen LogP contribution in [0, 0.1) is 0 Å². The summed E-state index contributed by atoms with van der Waals surface area (Å²) in [5.41, 5.74) is 1.91. The summed E-state index contributed by atoms with van der Waals surface area (Å²) in [6, 6.07) is 3.99. The first-order chi connectivity index (χ1) is 7.86. The molecule has 0 aliphatic heterocycles. The van der Waals surface area contributed by atoms with Crippen molar-refractivity contribution in [3.63, 3.8) is 0 Å². The summed E-state index contributed by atoms with van der Waals surface area (Å²) < 4.78 is 2.16. The molecule has 0 radical (unpaired) electrons. The molecule has 0 spiro atoms. The van der Waals surface area contributed by atoms with Crippen molar-refractivity contribution in [1.29, 1.82) is 0 Å². The van der Waals surface area contributed by atoms with Crippen molar-refractivity contribution in [2.45, 2.75) is 33.7 Å². The maximum absolute atomic E-state index is 4.39. The largest absolute Gasteiger partial charge is 0.359 e. The number of pyridine rings is 1. The molecular weight excluding hydrogens is 200 g/mol. The summed E-state index contributed by atoms with van der Waals surface area (Å²) in [7, 11) is 1.88. The summed E-state index contributed by atoms with van der Waals surface area (Å²) in [6.07, 6.45) is 2.86. The van der Waals surface area contributed by atoms with Gasteiger partial charge in [0.1, 0.15) is 0 Å². The molecule has 4 nitrogen and oxygen atoms in total. The predicted octanol–water partition coefficient (Wildman–Crippen LogP) is 2.91. The molecule has 0 atom stereocenters. The first-order valence-electron chi connectivity index (χ1n) is 5.85. The molecule has 0 aromatic carbocycles. The van der Waals surface area contributed by atoms with Crippen LogP contribution in [-0.2, 0) is 6.54 Å². The molecule has 0 saturated carbocycles. The summed E-state index contributed by atoms with van der Waals surface area (Å²) in [4.78, 5) is 8.61. The van der Waals surface area contributed by atoms with Crippen molar-refractivity contribution in [2.24, 2.45) is 0 Å². The lowest BCUT2D eigenvalue weighted by molar-refractivity contribution is 0.704. The lowest BCUT2D eigenvalue weighted by Gasteiger charge is -2.05. The number of nitrogens with zero attached hydrogens (tertiary/aromatic N) is 3. The number of hydrogen-bond acceptors (Lipinski definition) is 3. The third kappa shape index (κ3) is 2.32. The van der Waals surface area contributed by atoms with Crippen molar-refractivity contribution < 1.29 is 0 Å². The summed E-state index contributed by atoms with van der Waals surface area (Å²) >= 11 is 0. The van der Waals surface area contributed by atoms with Gasteiger partial charge in [-0.2, -0.15) is 4.98 Å². The van der Waals surface area contributed by atoms with Gasteiger partial charge in [-0.05, 0) is 18.6 Å². The van der Waals surface area contributed by atoms with E-state index in [4.69, 9.17) is 0 Å². The fourth-order valence-corrected chi connectivity index (χ4v) is 1.60. The first-order valence-corrected chi connectivity index (χ1v) is 5.85. The van der Waals surface area contributed by atoms with Crippen molar-refractivity contribution in [3.8, 4) is 0 Å². The Morgan fingerprint density at radius 2 is 2.12 bits per heavy atom. The number of aryl methyl sites for hydroxylation is 1. The third-order valence-electron chi connectivity index (χ3n) is 2.20. The Bertz CT molecular complexity index is 434. The van der Waals surface area contributed by atoms with E-state index in [-0.39, 0.29) is 0 Å². The summed E-state index contributed by atoms with van der Waals surface area (Å²) in [6.45, 7) is 7.13. The minimum absolute atomic E-state index is 0.810. The van der Waals surface area contributed by atoms with Gasteiger partial charge in [0.15, 0.2) is 5.65 Å². The number of imidazole rings is 1. The van der Waals surface area contributed by atoms with Gasteiger partial charge >= 0.3 is 0 Å². The number of aromatic nitrogens is 3. The van der Waals surface area contributed by atoms with E-state index in [1.54, 1.807) is 6.20 Å². The van der Waals surface area contributed by atoms with E-state index in [2.05, 4.69) is 26.8 Å². The van der Waals surface area contributed by atoms with Gasteiger partial charge in [-0.25, -0.2) is 4.98 Å². The van der Waals surface area contributed by atoms with Crippen LogP contribution in [0.15, 0.2) is 18.3 Å². The Balaban J connectivity index is 0.000000606. The molecule has 0 aliphatic rings. The van der Waals surface area contributed by atoms with Crippen LogP contribution in [0.5, 0.6) is 0 Å². The molecule has 0 bridgehead atoms. The second-order valence-electron chi connectivity index (χ2n) is 3.18. The molecule has 2 aromatic heterocycles. The van der Waals surface area contributed by atoms with E-state index in [1.165, 1.54) is 0 Å². The van der Waals surface area contributed by atoms with E-state index < -0.39 is 0 Å². The van der Waals surface area contributed by atoms with E-state index in [0.29, 0.717) is 0 Å². The van der Waals surface area contributed by atoms with Gasteiger partial charge in [-0.15, -0.1) is 0 Å². The maximum atomic E-state index is 4.39. The molecule has 4 heteroatoms. The predicted molar refractivity (Wildman–Crippen MR) is 68.7 cm³/mol. The molecule has 1 N–H and O–H groups in total. The van der Waals surface area contributed by atoms with Crippen molar-refractivity contribution in [1.82, 2.24) is 14.5 Å². The first kappa shape index (κ1) is 12.5. The fourth-order valence-electron chi connectivity index (χ4n) is 1.60. The number of rotatable bonds is 3. The monoisotopic (exact) mass is 220 g/mol. The Kier molecular flexibility index (Phi) is 4.76. The Hall–Kier alpha value is -1.58. The van der Waals surface area contributed by atoms with Crippen LogP contribution >= 0.6 is 0 Å². The number of hydrogen-bond donors (Lipinski definition) is 1. The average molecular weight is 220 g/mol. The van der Waals surface area contributed by atoms with Crippen LogP contribution in [0.25, 0.3) is 11.2 Å². The Labute approximate surface area is 96.7 Å². The van der Waals surface area contributed by atoms with Crippen LogP contribution in [0.1, 0.15) is 27.2 Å².